The van der Waals surface area contributed by atoms with Crippen LogP contribution >= 0.6 is 0 Å². The zero-order chi connectivity index (χ0) is 22.1. The summed E-state index contributed by atoms with van der Waals surface area (Å²) in [6.07, 6.45) is 0.0699. The monoisotopic (exact) mass is 415 g/mol. The summed E-state index contributed by atoms with van der Waals surface area (Å²) in [5.41, 5.74) is 6.31. The van der Waals surface area contributed by atoms with E-state index in [-0.39, 0.29) is 18.2 Å². The molecule has 0 spiro atoms. The Kier molecular flexibility index (Phi) is 7.54. The lowest BCUT2D eigenvalue weighted by atomic mass is 10.1. The number of hydrogen-bond donors (Lipinski definition) is 2. The molecule has 2 amide bonds. The fourth-order valence-corrected chi connectivity index (χ4v) is 2.77. The van der Waals surface area contributed by atoms with Crippen molar-refractivity contribution in [1.29, 1.82) is 0 Å². The molecule has 0 unspecified atom stereocenters. The third-order valence-electron chi connectivity index (χ3n) is 4.46. The average Bonchev–Trinajstić information content (AvgIpc) is 2.78. The highest BCUT2D eigenvalue weighted by atomic mass is 16.5. The van der Waals surface area contributed by atoms with Crippen molar-refractivity contribution in [2.75, 3.05) is 5.32 Å². The summed E-state index contributed by atoms with van der Waals surface area (Å²) in [5, 5.41) is 6.82. The van der Waals surface area contributed by atoms with Crippen LogP contribution in [0.25, 0.3) is 0 Å². The summed E-state index contributed by atoms with van der Waals surface area (Å²) < 4.78 is 5.74. The molecule has 3 aromatic carbocycles. The van der Waals surface area contributed by atoms with Gasteiger partial charge in [-0.25, -0.2) is 5.43 Å². The first kappa shape index (κ1) is 21.8. The van der Waals surface area contributed by atoms with E-state index >= 15 is 0 Å². The predicted molar refractivity (Wildman–Crippen MR) is 122 cm³/mol. The maximum Gasteiger partial charge on any atom is 0.271 e. The first-order valence-corrected chi connectivity index (χ1v) is 9.96. The van der Waals surface area contributed by atoms with Crippen molar-refractivity contribution >= 4 is 23.2 Å². The van der Waals surface area contributed by atoms with Crippen LogP contribution in [0.3, 0.4) is 0 Å². The highest BCUT2D eigenvalue weighted by Crippen LogP contribution is 2.17. The zero-order valence-corrected chi connectivity index (χ0v) is 17.6. The second-order valence-electron chi connectivity index (χ2n) is 7.18. The van der Waals surface area contributed by atoms with Gasteiger partial charge in [0.1, 0.15) is 12.4 Å². The van der Waals surface area contributed by atoms with E-state index in [1.165, 1.54) is 0 Å². The van der Waals surface area contributed by atoms with Crippen molar-refractivity contribution in [3.8, 4) is 5.75 Å². The maximum absolute atomic E-state index is 12.2. The molecule has 0 aliphatic carbocycles. The highest BCUT2D eigenvalue weighted by molar-refractivity contribution is 6.06. The summed E-state index contributed by atoms with van der Waals surface area (Å²) in [5.74, 6) is 0.188. The van der Waals surface area contributed by atoms with Gasteiger partial charge in [-0.3, -0.25) is 9.59 Å². The van der Waals surface area contributed by atoms with Crippen LogP contribution in [0, 0.1) is 6.92 Å². The molecular weight excluding hydrogens is 390 g/mol. The smallest absolute Gasteiger partial charge is 0.271 e. The lowest BCUT2D eigenvalue weighted by Crippen LogP contribution is -2.21. The molecule has 2 N–H and O–H groups in total. The van der Waals surface area contributed by atoms with Crippen LogP contribution in [0.4, 0.5) is 5.69 Å². The van der Waals surface area contributed by atoms with Crippen molar-refractivity contribution in [2.24, 2.45) is 5.10 Å². The van der Waals surface area contributed by atoms with E-state index in [9.17, 15) is 9.59 Å². The number of carbonyl (C=O) groups is 2. The first-order chi connectivity index (χ1) is 15.0. The number of rotatable bonds is 8. The molecule has 0 atom stereocenters. The Morgan fingerprint density at radius 3 is 2.26 bits per heavy atom. The maximum atomic E-state index is 12.2. The van der Waals surface area contributed by atoms with Gasteiger partial charge in [0.25, 0.3) is 5.91 Å². The van der Waals surface area contributed by atoms with Gasteiger partial charge in [-0.05, 0) is 55.8 Å². The van der Waals surface area contributed by atoms with Crippen LogP contribution in [0.2, 0.25) is 0 Å². The van der Waals surface area contributed by atoms with Crippen LogP contribution in [0.1, 0.15) is 34.8 Å². The van der Waals surface area contributed by atoms with Gasteiger partial charge in [-0.2, -0.15) is 5.10 Å². The number of nitrogens with zero attached hydrogens (tertiary/aromatic N) is 1. The average molecular weight is 415 g/mol. The molecule has 0 aromatic heterocycles. The van der Waals surface area contributed by atoms with Crippen LogP contribution in [0.15, 0.2) is 84.0 Å². The molecule has 0 fully saturated rings. The number of hydrazone groups is 1. The number of carbonyl (C=O) groups excluding carboxylic acids is 2. The Hall–Kier alpha value is -3.93. The third-order valence-corrected chi connectivity index (χ3v) is 4.46. The summed E-state index contributed by atoms with van der Waals surface area (Å²) in [4.78, 5) is 24.3. The molecule has 3 rings (SSSR count). The molecule has 0 aliphatic rings. The van der Waals surface area contributed by atoms with E-state index in [1.54, 1.807) is 43.3 Å². The lowest BCUT2D eigenvalue weighted by molar-refractivity contribution is -0.115. The minimum atomic E-state index is -0.314. The van der Waals surface area contributed by atoms with Crippen LogP contribution in [0.5, 0.6) is 5.75 Å². The van der Waals surface area contributed by atoms with Crippen molar-refractivity contribution in [2.45, 2.75) is 26.9 Å². The molecule has 0 saturated carbocycles. The molecule has 0 bridgehead atoms. The summed E-state index contributed by atoms with van der Waals surface area (Å²) in [6, 6.07) is 24.3. The van der Waals surface area contributed by atoms with Crippen molar-refractivity contribution in [3.63, 3.8) is 0 Å². The molecule has 158 valence electrons. The van der Waals surface area contributed by atoms with Crippen molar-refractivity contribution < 1.29 is 14.3 Å². The Morgan fingerprint density at radius 2 is 1.58 bits per heavy atom. The van der Waals surface area contributed by atoms with Crippen LogP contribution in [-0.4, -0.2) is 17.5 Å². The normalized spacial score (nSPS) is 11.0. The first-order valence-electron chi connectivity index (χ1n) is 9.96. The molecule has 6 heteroatoms. The standard InChI is InChI=1S/C25H25N3O3/c1-18-8-10-21(11-9-18)25(30)28-27-19(2)16-24(29)26-22-12-14-23(15-13-22)31-17-20-6-4-3-5-7-20/h3-15H,16-17H2,1-2H3,(H,26,29)(H,28,30)/b27-19+. The molecule has 0 aliphatic heterocycles. The lowest BCUT2D eigenvalue weighted by Gasteiger charge is -2.09. The fraction of sp³-hybridized carbons (Fsp3) is 0.160. The van der Waals surface area contributed by atoms with Gasteiger partial charge in [0, 0.05) is 17.0 Å². The van der Waals surface area contributed by atoms with Crippen LogP contribution in [-0.2, 0) is 11.4 Å². The van der Waals surface area contributed by atoms with Gasteiger partial charge < -0.3 is 10.1 Å². The molecule has 31 heavy (non-hydrogen) atoms. The summed E-state index contributed by atoms with van der Waals surface area (Å²) >= 11 is 0. The van der Waals surface area contributed by atoms with E-state index in [0.29, 0.717) is 23.6 Å². The van der Waals surface area contributed by atoms with E-state index in [4.69, 9.17) is 4.74 Å². The number of amides is 2. The topological polar surface area (TPSA) is 79.8 Å². The van der Waals surface area contributed by atoms with Crippen molar-refractivity contribution in [1.82, 2.24) is 5.43 Å². The summed E-state index contributed by atoms with van der Waals surface area (Å²) in [6.45, 7) is 4.12. The van der Waals surface area contributed by atoms with Gasteiger partial charge >= 0.3 is 0 Å². The molecule has 6 nitrogen and oxygen atoms in total. The minimum Gasteiger partial charge on any atom is -0.489 e. The number of aryl methyl sites for hydroxylation is 1. The molecular formula is C25H25N3O3. The van der Waals surface area contributed by atoms with E-state index in [0.717, 1.165) is 16.9 Å². The Bertz CT molecular complexity index is 1040. The molecule has 0 saturated heterocycles. The van der Waals surface area contributed by atoms with Crippen molar-refractivity contribution in [3.05, 3.63) is 95.6 Å². The van der Waals surface area contributed by atoms with Gasteiger partial charge in [0.2, 0.25) is 5.91 Å². The van der Waals surface area contributed by atoms with Gasteiger partial charge in [-0.1, -0.05) is 48.0 Å². The SMILES string of the molecule is C/C(CC(=O)Nc1ccc(OCc2ccccc2)cc1)=N\NC(=O)c1ccc(C)cc1. The summed E-state index contributed by atoms with van der Waals surface area (Å²) in [7, 11) is 0. The Morgan fingerprint density at radius 1 is 0.903 bits per heavy atom. The number of nitrogens with one attached hydrogen (secondary N) is 2. The number of ether oxygens (including phenoxy) is 1. The number of hydrogen-bond acceptors (Lipinski definition) is 4. The molecule has 3 aromatic rings. The number of benzene rings is 3. The number of anilines is 1. The van der Waals surface area contributed by atoms with Gasteiger partial charge in [0.05, 0.1) is 6.42 Å². The quantitative estimate of drug-likeness (QED) is 0.413. The molecule has 0 heterocycles. The minimum absolute atomic E-state index is 0.0699. The van der Waals surface area contributed by atoms with Gasteiger partial charge in [-0.15, -0.1) is 0 Å². The third kappa shape index (κ3) is 7.12. The van der Waals surface area contributed by atoms with E-state index < -0.39 is 0 Å². The van der Waals surface area contributed by atoms with Gasteiger partial charge in [0.15, 0.2) is 0 Å². The highest BCUT2D eigenvalue weighted by Gasteiger charge is 2.07. The van der Waals surface area contributed by atoms with E-state index in [2.05, 4.69) is 15.8 Å². The van der Waals surface area contributed by atoms with Crippen LogP contribution < -0.4 is 15.5 Å². The van der Waals surface area contributed by atoms with E-state index in [1.807, 2.05) is 49.4 Å². The fourth-order valence-electron chi connectivity index (χ4n) is 2.77. The zero-order valence-electron chi connectivity index (χ0n) is 17.6. The largest absolute Gasteiger partial charge is 0.489 e. The Balaban J connectivity index is 1.45. The predicted octanol–water partition coefficient (Wildman–Crippen LogP) is 4.71. The second-order valence-corrected chi connectivity index (χ2v) is 7.18. The Labute approximate surface area is 182 Å². The molecule has 0 radical (unpaired) electrons. The second kappa shape index (κ2) is 10.7.